The van der Waals surface area contributed by atoms with E-state index in [-0.39, 0.29) is 35.2 Å². The maximum atomic E-state index is 14.2. The van der Waals surface area contributed by atoms with Crippen LogP contribution in [0, 0.1) is 11.8 Å². The van der Waals surface area contributed by atoms with Crippen molar-refractivity contribution in [2.24, 2.45) is 11.8 Å². The van der Waals surface area contributed by atoms with Gasteiger partial charge in [0, 0.05) is 17.4 Å². The Hall–Kier alpha value is -2.75. The number of nitrogens with one attached hydrogen (secondary N) is 2. The van der Waals surface area contributed by atoms with Gasteiger partial charge in [0.1, 0.15) is 11.6 Å². The van der Waals surface area contributed by atoms with E-state index in [2.05, 4.69) is 26.6 Å². The summed E-state index contributed by atoms with van der Waals surface area (Å²) in [4.78, 5) is 42.8. The first-order valence-electron chi connectivity index (χ1n) is 12.7. The number of carbonyl (C=O) groups is 3. The number of nitrogens with zero attached hydrogens (tertiary/aromatic N) is 1. The van der Waals surface area contributed by atoms with Gasteiger partial charge >= 0.3 is 0 Å². The smallest absolute Gasteiger partial charge is 0.246 e. The zero-order valence-corrected chi connectivity index (χ0v) is 22.4. The summed E-state index contributed by atoms with van der Waals surface area (Å²) in [6, 6.07) is 16.8. The number of alkyl halides is 1. The van der Waals surface area contributed by atoms with Crippen molar-refractivity contribution in [3.05, 3.63) is 71.8 Å². The van der Waals surface area contributed by atoms with Crippen molar-refractivity contribution in [3.8, 4) is 0 Å². The normalized spacial score (nSPS) is 30.9. The number of aliphatic hydroxyl groups excluding tert-OH is 1. The summed E-state index contributed by atoms with van der Waals surface area (Å²) in [5.74, 6) is -2.55. The molecule has 3 N–H and O–H groups in total. The minimum Gasteiger partial charge on any atom is -0.394 e. The van der Waals surface area contributed by atoms with Crippen LogP contribution in [0.15, 0.2) is 60.7 Å². The Balaban J connectivity index is 1.52. The van der Waals surface area contributed by atoms with E-state index < -0.39 is 35.6 Å². The average molecular weight is 570 g/mol. The molecule has 3 heterocycles. The molecule has 2 aromatic rings. The lowest BCUT2D eigenvalue weighted by Crippen LogP contribution is -2.57. The molecule has 3 amide bonds. The lowest BCUT2D eigenvalue weighted by Gasteiger charge is -2.37. The molecule has 1 spiro atoms. The number of rotatable bonds is 8. The van der Waals surface area contributed by atoms with Crippen LogP contribution in [-0.2, 0) is 25.7 Å². The number of benzene rings is 2. The number of carbonyl (C=O) groups excluding carboxylic acids is 3. The Kier molecular flexibility index (Phi) is 7.13. The van der Waals surface area contributed by atoms with Crippen LogP contribution in [0.25, 0.3) is 0 Å². The standard InChI is InChI=1S/C28H32BrN3O5/c1-16(2)31-26(35)24-28-13-19(29)23(37-28)21(25(34)30-14-17-9-5-3-6-10-17)22(28)27(36)32(24)20(15-33)18-11-7-4-8-12-18/h3-12,16,19-24,33H,13-15H2,1-2H3,(H,30,34)(H,31,35)/t19?,20-,21+,22+,23+,24?,28?/m1/s1. The molecule has 7 atom stereocenters. The van der Waals surface area contributed by atoms with Gasteiger partial charge in [-0.05, 0) is 31.4 Å². The number of fused-ring (bicyclic) bond motifs is 1. The molecule has 3 unspecified atom stereocenters. The molecule has 0 radical (unpaired) electrons. The van der Waals surface area contributed by atoms with Crippen LogP contribution in [0.3, 0.4) is 0 Å². The molecule has 3 fully saturated rings. The van der Waals surface area contributed by atoms with Gasteiger partial charge in [-0.2, -0.15) is 0 Å². The van der Waals surface area contributed by atoms with Crippen molar-refractivity contribution in [2.75, 3.05) is 6.61 Å². The van der Waals surface area contributed by atoms with Crippen molar-refractivity contribution in [1.82, 2.24) is 15.5 Å². The van der Waals surface area contributed by atoms with E-state index in [1.54, 1.807) is 0 Å². The summed E-state index contributed by atoms with van der Waals surface area (Å²) in [5.41, 5.74) is 0.487. The first kappa shape index (κ1) is 25.9. The molecular formula is C28H32BrN3O5. The topological polar surface area (TPSA) is 108 Å². The van der Waals surface area contributed by atoms with Gasteiger partial charge in [0.05, 0.1) is 30.6 Å². The summed E-state index contributed by atoms with van der Waals surface area (Å²) in [6.07, 6.45) is -0.124. The van der Waals surface area contributed by atoms with Crippen LogP contribution < -0.4 is 10.6 Å². The number of likely N-dealkylation sites (tertiary alicyclic amines) is 1. The minimum atomic E-state index is -1.17. The predicted molar refractivity (Wildman–Crippen MR) is 140 cm³/mol. The average Bonchev–Trinajstić information content (AvgIpc) is 3.47. The molecule has 8 nitrogen and oxygen atoms in total. The van der Waals surface area contributed by atoms with E-state index in [1.807, 2.05) is 74.5 Å². The molecule has 0 aliphatic carbocycles. The van der Waals surface area contributed by atoms with Gasteiger partial charge in [0.2, 0.25) is 17.7 Å². The quantitative estimate of drug-likeness (QED) is 0.423. The van der Waals surface area contributed by atoms with Crippen molar-refractivity contribution >= 4 is 33.7 Å². The second kappa shape index (κ2) is 10.2. The molecule has 3 aliphatic heterocycles. The SMILES string of the molecule is CC(C)NC(=O)C1N([C@H](CO)c2ccccc2)C(=O)[C@@H]2[C@H](C(=O)NCc3ccccc3)[C@H]3OC12CC3Br. The first-order chi connectivity index (χ1) is 17.8. The summed E-state index contributed by atoms with van der Waals surface area (Å²) in [7, 11) is 0. The Morgan fingerprint density at radius 3 is 2.38 bits per heavy atom. The van der Waals surface area contributed by atoms with E-state index in [0.717, 1.165) is 5.56 Å². The number of amides is 3. The maximum absolute atomic E-state index is 14.2. The van der Waals surface area contributed by atoms with E-state index in [0.29, 0.717) is 18.5 Å². The summed E-state index contributed by atoms with van der Waals surface area (Å²) in [5, 5.41) is 16.4. The second-order valence-electron chi connectivity index (χ2n) is 10.4. The Bertz CT molecular complexity index is 1160. The van der Waals surface area contributed by atoms with Gasteiger partial charge < -0.3 is 25.4 Å². The van der Waals surface area contributed by atoms with E-state index in [4.69, 9.17) is 4.74 Å². The lowest BCUT2D eigenvalue weighted by molar-refractivity contribution is -0.146. The molecule has 37 heavy (non-hydrogen) atoms. The number of aliphatic hydroxyl groups is 1. The first-order valence-corrected chi connectivity index (χ1v) is 13.6. The summed E-state index contributed by atoms with van der Waals surface area (Å²) in [6.45, 7) is 3.67. The molecule has 5 rings (SSSR count). The lowest BCUT2D eigenvalue weighted by atomic mass is 9.70. The van der Waals surface area contributed by atoms with Crippen LogP contribution in [-0.4, -0.2) is 63.0 Å². The van der Waals surface area contributed by atoms with Gasteiger partial charge in [0.25, 0.3) is 0 Å². The number of ether oxygens (including phenoxy) is 1. The van der Waals surface area contributed by atoms with Crippen molar-refractivity contribution in [2.45, 2.75) is 61.5 Å². The van der Waals surface area contributed by atoms with Crippen molar-refractivity contribution in [1.29, 1.82) is 0 Å². The molecule has 2 bridgehead atoms. The molecule has 0 saturated carbocycles. The van der Waals surface area contributed by atoms with Gasteiger partial charge in [-0.1, -0.05) is 76.6 Å². The molecule has 2 aromatic carbocycles. The van der Waals surface area contributed by atoms with E-state index in [1.165, 1.54) is 4.90 Å². The second-order valence-corrected chi connectivity index (χ2v) is 11.6. The monoisotopic (exact) mass is 569 g/mol. The maximum Gasteiger partial charge on any atom is 0.246 e. The fourth-order valence-electron chi connectivity index (χ4n) is 6.30. The molecule has 0 aromatic heterocycles. The number of halogens is 1. The van der Waals surface area contributed by atoms with Crippen molar-refractivity contribution in [3.63, 3.8) is 0 Å². The molecule has 3 saturated heterocycles. The largest absolute Gasteiger partial charge is 0.394 e. The number of hydrogen-bond acceptors (Lipinski definition) is 5. The predicted octanol–water partition coefficient (Wildman–Crippen LogP) is 2.31. The third-order valence-electron chi connectivity index (χ3n) is 7.71. The Morgan fingerprint density at radius 1 is 1.11 bits per heavy atom. The third kappa shape index (κ3) is 4.36. The highest BCUT2D eigenvalue weighted by Gasteiger charge is 2.77. The Labute approximate surface area is 224 Å². The number of hydrogen-bond donors (Lipinski definition) is 3. The fraction of sp³-hybridized carbons (Fsp3) is 0.464. The molecule has 196 valence electrons. The van der Waals surface area contributed by atoms with Gasteiger partial charge in [0.15, 0.2) is 0 Å². The Morgan fingerprint density at radius 2 is 1.76 bits per heavy atom. The fourth-order valence-corrected chi connectivity index (χ4v) is 7.24. The zero-order valence-electron chi connectivity index (χ0n) is 20.8. The summed E-state index contributed by atoms with van der Waals surface area (Å²) >= 11 is 3.68. The molecule has 3 aliphatic rings. The van der Waals surface area contributed by atoms with Crippen molar-refractivity contribution < 1.29 is 24.2 Å². The van der Waals surface area contributed by atoms with Crippen LogP contribution in [0.5, 0.6) is 0 Å². The van der Waals surface area contributed by atoms with E-state index in [9.17, 15) is 19.5 Å². The molecular weight excluding hydrogens is 538 g/mol. The van der Waals surface area contributed by atoms with Crippen LogP contribution >= 0.6 is 15.9 Å². The highest BCUT2D eigenvalue weighted by molar-refractivity contribution is 9.09. The van der Waals surface area contributed by atoms with Crippen LogP contribution in [0.1, 0.15) is 37.4 Å². The third-order valence-corrected chi connectivity index (χ3v) is 8.56. The zero-order chi connectivity index (χ0) is 26.3. The van der Waals surface area contributed by atoms with Crippen LogP contribution in [0.4, 0.5) is 0 Å². The van der Waals surface area contributed by atoms with E-state index >= 15 is 0 Å². The van der Waals surface area contributed by atoms with Gasteiger partial charge in [-0.25, -0.2) is 0 Å². The summed E-state index contributed by atoms with van der Waals surface area (Å²) < 4.78 is 6.52. The minimum absolute atomic E-state index is 0.160. The van der Waals surface area contributed by atoms with Gasteiger partial charge in [-0.3, -0.25) is 14.4 Å². The highest BCUT2D eigenvalue weighted by atomic mass is 79.9. The highest BCUT2D eigenvalue weighted by Crippen LogP contribution is 2.61. The van der Waals surface area contributed by atoms with Crippen LogP contribution in [0.2, 0.25) is 0 Å². The molecule has 9 heteroatoms. The van der Waals surface area contributed by atoms with Gasteiger partial charge in [-0.15, -0.1) is 0 Å².